The number of rotatable bonds is 5. The van der Waals surface area contributed by atoms with E-state index < -0.39 is 0 Å². The Morgan fingerprint density at radius 1 is 1.22 bits per heavy atom. The minimum Gasteiger partial charge on any atom is -0.488 e. The van der Waals surface area contributed by atoms with E-state index in [9.17, 15) is 4.79 Å². The second-order valence-electron chi connectivity index (χ2n) is 4.71. The van der Waals surface area contributed by atoms with Crippen molar-refractivity contribution in [3.8, 4) is 5.75 Å². The molecule has 1 saturated heterocycles. The van der Waals surface area contributed by atoms with Crippen LogP contribution >= 0.6 is 0 Å². The van der Waals surface area contributed by atoms with Crippen LogP contribution in [0.25, 0.3) is 0 Å². The van der Waals surface area contributed by atoms with Crippen LogP contribution < -0.4 is 10.3 Å². The Balaban J connectivity index is 1.96. The van der Waals surface area contributed by atoms with Crippen LogP contribution in [0.2, 0.25) is 0 Å². The van der Waals surface area contributed by atoms with Gasteiger partial charge in [0, 0.05) is 19.3 Å². The van der Waals surface area contributed by atoms with Crippen LogP contribution in [0.15, 0.2) is 23.1 Å². The van der Waals surface area contributed by atoms with E-state index in [-0.39, 0.29) is 5.56 Å². The zero-order chi connectivity index (χ0) is 12.8. The zero-order valence-electron chi connectivity index (χ0n) is 11.1. The summed E-state index contributed by atoms with van der Waals surface area (Å²) in [5.74, 6) is 0.457. The van der Waals surface area contributed by atoms with E-state index in [0.29, 0.717) is 12.4 Å². The number of aromatic nitrogens is 1. The molecule has 1 aromatic heterocycles. The predicted molar refractivity (Wildman–Crippen MR) is 72.2 cm³/mol. The lowest BCUT2D eigenvalue weighted by Gasteiger charge is -2.26. The van der Waals surface area contributed by atoms with E-state index in [2.05, 4.69) is 4.90 Å². The molecule has 4 nitrogen and oxygen atoms in total. The van der Waals surface area contributed by atoms with E-state index in [1.807, 2.05) is 19.2 Å². The molecular weight excluding hydrogens is 228 g/mol. The highest BCUT2D eigenvalue weighted by Crippen LogP contribution is 2.08. The van der Waals surface area contributed by atoms with Crippen LogP contribution in [-0.4, -0.2) is 35.7 Å². The number of likely N-dealkylation sites (tertiary alicyclic amines) is 1. The van der Waals surface area contributed by atoms with Crippen molar-refractivity contribution in [1.82, 2.24) is 9.47 Å². The minimum atomic E-state index is -0.0173. The predicted octanol–water partition coefficient (Wildman–Crippen LogP) is 1.73. The van der Waals surface area contributed by atoms with Crippen LogP contribution in [0.3, 0.4) is 0 Å². The average molecular weight is 250 g/mol. The normalized spacial score (nSPS) is 16.7. The summed E-state index contributed by atoms with van der Waals surface area (Å²) in [7, 11) is 0. The summed E-state index contributed by atoms with van der Waals surface area (Å²) < 4.78 is 7.07. The van der Waals surface area contributed by atoms with Crippen LogP contribution in [0.1, 0.15) is 26.2 Å². The lowest BCUT2D eigenvalue weighted by molar-refractivity contribution is 0.219. The molecule has 0 radical (unpaired) electrons. The molecule has 2 heterocycles. The van der Waals surface area contributed by atoms with Crippen molar-refractivity contribution in [1.29, 1.82) is 0 Å². The molecule has 100 valence electrons. The van der Waals surface area contributed by atoms with E-state index in [1.54, 1.807) is 10.6 Å². The van der Waals surface area contributed by atoms with E-state index >= 15 is 0 Å². The first-order valence-electron chi connectivity index (χ1n) is 6.86. The fourth-order valence-corrected chi connectivity index (χ4v) is 2.39. The summed E-state index contributed by atoms with van der Waals surface area (Å²) in [6.45, 7) is 6.46. The van der Waals surface area contributed by atoms with Gasteiger partial charge in [-0.05, 0) is 45.0 Å². The van der Waals surface area contributed by atoms with Crippen molar-refractivity contribution < 1.29 is 4.74 Å². The highest BCUT2D eigenvalue weighted by Gasteiger charge is 2.10. The maximum atomic E-state index is 12.1. The minimum absolute atomic E-state index is 0.0173. The van der Waals surface area contributed by atoms with Crippen LogP contribution in [0.5, 0.6) is 5.75 Å². The summed E-state index contributed by atoms with van der Waals surface area (Å²) >= 11 is 0. The fourth-order valence-electron chi connectivity index (χ4n) is 2.39. The monoisotopic (exact) mass is 250 g/mol. The molecule has 1 aliphatic heterocycles. The third-order valence-corrected chi connectivity index (χ3v) is 3.39. The lowest BCUT2D eigenvalue weighted by atomic mass is 10.1. The fraction of sp³-hybridized carbons (Fsp3) is 0.643. The maximum Gasteiger partial charge on any atom is 0.292 e. The van der Waals surface area contributed by atoms with Crippen molar-refractivity contribution in [3.63, 3.8) is 0 Å². The van der Waals surface area contributed by atoms with Gasteiger partial charge < -0.3 is 14.2 Å². The third-order valence-electron chi connectivity index (χ3n) is 3.39. The zero-order valence-corrected chi connectivity index (χ0v) is 11.1. The van der Waals surface area contributed by atoms with Gasteiger partial charge in [0.2, 0.25) is 0 Å². The molecule has 0 bridgehead atoms. The number of piperidine rings is 1. The Kier molecular flexibility index (Phi) is 4.81. The van der Waals surface area contributed by atoms with Gasteiger partial charge in [0.25, 0.3) is 5.56 Å². The molecule has 0 saturated carbocycles. The molecule has 0 aliphatic carbocycles. The van der Waals surface area contributed by atoms with Crippen molar-refractivity contribution >= 4 is 0 Å². The standard InChI is InChI=1S/C14H22N2O2/c1-2-18-13-7-6-10-16(14(13)17)12-11-15-8-4-3-5-9-15/h6-7,10H,2-5,8-9,11-12H2,1H3. The van der Waals surface area contributed by atoms with Crippen LogP contribution in [0, 0.1) is 0 Å². The van der Waals surface area contributed by atoms with Gasteiger partial charge in [-0.1, -0.05) is 6.42 Å². The number of hydrogen-bond acceptors (Lipinski definition) is 3. The molecule has 1 aliphatic rings. The number of ether oxygens (including phenoxy) is 1. The molecule has 4 heteroatoms. The largest absolute Gasteiger partial charge is 0.488 e. The SMILES string of the molecule is CCOc1cccn(CCN2CCCCC2)c1=O. The van der Waals surface area contributed by atoms with Gasteiger partial charge in [-0.15, -0.1) is 0 Å². The van der Waals surface area contributed by atoms with Crippen molar-refractivity contribution in [2.75, 3.05) is 26.2 Å². The Morgan fingerprint density at radius 2 is 2.00 bits per heavy atom. The molecule has 0 atom stereocenters. The lowest BCUT2D eigenvalue weighted by Crippen LogP contribution is -2.34. The summed E-state index contributed by atoms with van der Waals surface area (Å²) in [5.41, 5.74) is -0.0173. The molecule has 18 heavy (non-hydrogen) atoms. The van der Waals surface area contributed by atoms with Gasteiger partial charge >= 0.3 is 0 Å². The van der Waals surface area contributed by atoms with Gasteiger partial charge in [0.05, 0.1) is 6.61 Å². The summed E-state index contributed by atoms with van der Waals surface area (Å²) in [5, 5.41) is 0. The summed E-state index contributed by atoms with van der Waals surface area (Å²) in [4.78, 5) is 14.5. The van der Waals surface area contributed by atoms with E-state index in [1.165, 1.54) is 32.4 Å². The van der Waals surface area contributed by atoms with Crippen molar-refractivity contribution in [2.45, 2.75) is 32.7 Å². The van der Waals surface area contributed by atoms with Crippen LogP contribution in [-0.2, 0) is 6.54 Å². The second-order valence-corrected chi connectivity index (χ2v) is 4.71. The quantitative estimate of drug-likeness (QED) is 0.798. The highest BCUT2D eigenvalue weighted by atomic mass is 16.5. The Hall–Kier alpha value is -1.29. The Bertz CT molecular complexity index is 422. The molecule has 0 unspecified atom stereocenters. The van der Waals surface area contributed by atoms with E-state index in [4.69, 9.17) is 4.74 Å². The smallest absolute Gasteiger partial charge is 0.292 e. The number of pyridine rings is 1. The highest BCUT2D eigenvalue weighted by molar-refractivity contribution is 5.17. The Morgan fingerprint density at radius 3 is 2.72 bits per heavy atom. The molecule has 0 amide bonds. The average Bonchev–Trinajstić information content (AvgIpc) is 2.41. The second kappa shape index (κ2) is 6.59. The molecule has 1 aromatic rings. The van der Waals surface area contributed by atoms with Crippen molar-refractivity contribution in [2.24, 2.45) is 0 Å². The molecule has 0 aromatic carbocycles. The van der Waals surface area contributed by atoms with Gasteiger partial charge in [-0.2, -0.15) is 0 Å². The van der Waals surface area contributed by atoms with Gasteiger partial charge in [0.15, 0.2) is 5.75 Å². The molecular formula is C14H22N2O2. The summed E-state index contributed by atoms with van der Waals surface area (Å²) in [6, 6.07) is 3.62. The first-order valence-corrected chi connectivity index (χ1v) is 6.86. The third kappa shape index (κ3) is 3.35. The molecule has 2 rings (SSSR count). The van der Waals surface area contributed by atoms with Gasteiger partial charge in [-0.25, -0.2) is 0 Å². The Labute approximate surface area is 108 Å². The molecule has 0 spiro atoms. The maximum absolute atomic E-state index is 12.1. The topological polar surface area (TPSA) is 34.5 Å². The number of nitrogens with zero attached hydrogens (tertiary/aromatic N) is 2. The number of hydrogen-bond donors (Lipinski definition) is 0. The first-order chi connectivity index (χ1) is 8.81. The first kappa shape index (κ1) is 13.1. The molecule has 0 N–H and O–H groups in total. The van der Waals surface area contributed by atoms with Crippen LogP contribution in [0.4, 0.5) is 0 Å². The summed E-state index contributed by atoms with van der Waals surface area (Å²) in [6.07, 6.45) is 5.76. The van der Waals surface area contributed by atoms with E-state index in [0.717, 1.165) is 13.1 Å². The van der Waals surface area contributed by atoms with Gasteiger partial charge in [0.1, 0.15) is 0 Å². The molecule has 1 fully saturated rings. The van der Waals surface area contributed by atoms with Crippen molar-refractivity contribution in [3.05, 3.63) is 28.7 Å². The van der Waals surface area contributed by atoms with Gasteiger partial charge in [-0.3, -0.25) is 4.79 Å².